The average molecular weight is 371 g/mol. The van der Waals surface area contributed by atoms with Crippen LogP contribution in [0.5, 0.6) is 0 Å². The van der Waals surface area contributed by atoms with Crippen molar-refractivity contribution in [2.24, 2.45) is 0 Å². The van der Waals surface area contributed by atoms with Gasteiger partial charge in [-0.2, -0.15) is 0 Å². The molecule has 2 amide bonds. The van der Waals surface area contributed by atoms with Crippen molar-refractivity contribution in [3.63, 3.8) is 0 Å². The number of carbonyl (C=O) groups excluding carboxylic acids is 2. The molecule has 146 valence electrons. The molecule has 3 rings (SSSR count). The summed E-state index contributed by atoms with van der Waals surface area (Å²) in [6.45, 7) is 5.38. The van der Waals surface area contributed by atoms with E-state index in [0.29, 0.717) is 18.7 Å². The molecule has 1 aliphatic heterocycles. The highest BCUT2D eigenvalue weighted by atomic mass is 16.3. The SMILES string of the molecule is CCCCc1oc2ccccc2c1C(=O)N(C)CC(=O)N1CCN(C)CC1. The topological polar surface area (TPSA) is 57.0 Å². The fourth-order valence-electron chi connectivity index (χ4n) is 3.47. The molecule has 0 aliphatic carbocycles. The van der Waals surface area contributed by atoms with Gasteiger partial charge in [0, 0.05) is 45.0 Å². The highest BCUT2D eigenvalue weighted by molar-refractivity contribution is 6.08. The van der Waals surface area contributed by atoms with E-state index in [9.17, 15) is 9.59 Å². The average Bonchev–Trinajstić information content (AvgIpc) is 3.04. The van der Waals surface area contributed by atoms with Gasteiger partial charge in [-0.1, -0.05) is 31.5 Å². The predicted molar refractivity (Wildman–Crippen MR) is 106 cm³/mol. The van der Waals surface area contributed by atoms with Gasteiger partial charge in [-0.15, -0.1) is 0 Å². The molecule has 1 saturated heterocycles. The molecule has 0 unspecified atom stereocenters. The number of fused-ring (bicyclic) bond motifs is 1. The molecule has 27 heavy (non-hydrogen) atoms. The van der Waals surface area contributed by atoms with Crippen LogP contribution >= 0.6 is 0 Å². The van der Waals surface area contributed by atoms with E-state index in [-0.39, 0.29) is 18.4 Å². The Morgan fingerprint density at radius 2 is 1.85 bits per heavy atom. The molecule has 6 nitrogen and oxygen atoms in total. The zero-order valence-corrected chi connectivity index (χ0v) is 16.5. The molecule has 0 N–H and O–H groups in total. The lowest BCUT2D eigenvalue weighted by Gasteiger charge is -2.33. The first-order valence-corrected chi connectivity index (χ1v) is 9.73. The molecule has 1 aromatic heterocycles. The number of furan rings is 1. The third kappa shape index (κ3) is 4.33. The Labute approximate surface area is 160 Å². The van der Waals surface area contributed by atoms with E-state index < -0.39 is 0 Å². The van der Waals surface area contributed by atoms with Gasteiger partial charge in [-0.3, -0.25) is 9.59 Å². The molecule has 0 radical (unpaired) electrons. The summed E-state index contributed by atoms with van der Waals surface area (Å²) >= 11 is 0. The second-order valence-electron chi connectivity index (χ2n) is 7.35. The summed E-state index contributed by atoms with van der Waals surface area (Å²) in [5.41, 5.74) is 1.33. The maximum atomic E-state index is 13.2. The van der Waals surface area contributed by atoms with Crippen LogP contribution in [0.15, 0.2) is 28.7 Å². The molecule has 2 aromatic rings. The number of nitrogens with zero attached hydrogens (tertiary/aromatic N) is 3. The van der Waals surface area contributed by atoms with Crippen molar-refractivity contribution >= 4 is 22.8 Å². The second-order valence-corrected chi connectivity index (χ2v) is 7.35. The van der Waals surface area contributed by atoms with Gasteiger partial charge in [0.25, 0.3) is 5.91 Å². The zero-order valence-electron chi connectivity index (χ0n) is 16.5. The number of carbonyl (C=O) groups is 2. The second kappa shape index (κ2) is 8.57. The molecular formula is C21H29N3O3. The van der Waals surface area contributed by atoms with Gasteiger partial charge in [0.2, 0.25) is 5.91 Å². The zero-order chi connectivity index (χ0) is 19.4. The van der Waals surface area contributed by atoms with Crippen molar-refractivity contribution < 1.29 is 14.0 Å². The number of aryl methyl sites for hydroxylation is 1. The van der Waals surface area contributed by atoms with Gasteiger partial charge in [0.15, 0.2) is 0 Å². The number of hydrogen-bond donors (Lipinski definition) is 0. The van der Waals surface area contributed by atoms with Crippen molar-refractivity contribution in [2.75, 3.05) is 46.8 Å². The molecule has 6 heteroatoms. The molecule has 2 heterocycles. The summed E-state index contributed by atoms with van der Waals surface area (Å²) in [4.78, 5) is 31.3. The smallest absolute Gasteiger partial charge is 0.258 e. The number of piperazine rings is 1. The van der Waals surface area contributed by atoms with E-state index in [1.54, 1.807) is 7.05 Å². The summed E-state index contributed by atoms with van der Waals surface area (Å²) in [5.74, 6) is 0.581. The summed E-state index contributed by atoms with van der Waals surface area (Å²) in [5, 5.41) is 0.826. The fourth-order valence-corrected chi connectivity index (χ4v) is 3.47. The Morgan fingerprint density at radius 3 is 2.56 bits per heavy atom. The molecule has 0 bridgehead atoms. The van der Waals surface area contributed by atoms with E-state index in [4.69, 9.17) is 4.42 Å². The quantitative estimate of drug-likeness (QED) is 0.783. The van der Waals surface area contributed by atoms with Gasteiger partial charge in [0.1, 0.15) is 11.3 Å². The minimum atomic E-state index is -0.145. The first-order chi connectivity index (χ1) is 13.0. The third-order valence-electron chi connectivity index (χ3n) is 5.21. The molecular weight excluding hydrogens is 342 g/mol. The minimum absolute atomic E-state index is 0.00172. The summed E-state index contributed by atoms with van der Waals surface area (Å²) in [7, 11) is 3.75. The van der Waals surface area contributed by atoms with Gasteiger partial charge < -0.3 is 19.1 Å². The van der Waals surface area contributed by atoms with Gasteiger partial charge in [0.05, 0.1) is 12.1 Å². The monoisotopic (exact) mass is 371 g/mol. The summed E-state index contributed by atoms with van der Waals surface area (Å²) in [6.07, 6.45) is 2.72. The Kier molecular flexibility index (Phi) is 6.16. The van der Waals surface area contributed by atoms with Crippen LogP contribution in [-0.4, -0.2) is 73.3 Å². The Bertz CT molecular complexity index is 806. The van der Waals surface area contributed by atoms with E-state index in [1.165, 1.54) is 4.90 Å². The molecule has 0 atom stereocenters. The lowest BCUT2D eigenvalue weighted by atomic mass is 10.1. The number of hydrogen-bond acceptors (Lipinski definition) is 4. The minimum Gasteiger partial charge on any atom is -0.460 e. The van der Waals surface area contributed by atoms with Crippen LogP contribution in [0, 0.1) is 0 Å². The van der Waals surface area contributed by atoms with E-state index in [2.05, 4.69) is 18.9 Å². The van der Waals surface area contributed by atoms with Crippen molar-refractivity contribution in [1.29, 1.82) is 0 Å². The largest absolute Gasteiger partial charge is 0.460 e. The normalized spacial score (nSPS) is 15.3. The lowest BCUT2D eigenvalue weighted by molar-refractivity contribution is -0.133. The first-order valence-electron chi connectivity index (χ1n) is 9.73. The van der Waals surface area contributed by atoms with Gasteiger partial charge >= 0.3 is 0 Å². The maximum Gasteiger partial charge on any atom is 0.258 e. The lowest BCUT2D eigenvalue weighted by Crippen LogP contribution is -2.50. The molecule has 1 aromatic carbocycles. The number of rotatable bonds is 6. The van der Waals surface area contributed by atoms with Crippen molar-refractivity contribution in [3.05, 3.63) is 35.6 Å². The molecule has 1 fully saturated rings. The summed E-state index contributed by atoms with van der Waals surface area (Å²) < 4.78 is 5.96. The van der Waals surface area contributed by atoms with Gasteiger partial charge in [-0.05, 0) is 19.5 Å². The number of likely N-dealkylation sites (N-methyl/N-ethyl adjacent to an activating group) is 2. The predicted octanol–water partition coefficient (Wildman–Crippen LogP) is 2.62. The Morgan fingerprint density at radius 1 is 1.15 bits per heavy atom. The fraction of sp³-hybridized carbons (Fsp3) is 0.524. The highest BCUT2D eigenvalue weighted by Gasteiger charge is 2.26. The van der Waals surface area contributed by atoms with E-state index in [1.807, 2.05) is 29.2 Å². The summed E-state index contributed by atoms with van der Waals surface area (Å²) in [6, 6.07) is 7.62. The third-order valence-corrected chi connectivity index (χ3v) is 5.21. The number of amides is 2. The Hall–Kier alpha value is -2.34. The van der Waals surface area contributed by atoms with Crippen LogP contribution in [-0.2, 0) is 11.2 Å². The van der Waals surface area contributed by atoms with Crippen LogP contribution in [0.2, 0.25) is 0 Å². The first kappa shape index (κ1) is 19.4. The Balaban J connectivity index is 1.77. The molecule has 0 saturated carbocycles. The van der Waals surface area contributed by atoms with E-state index >= 15 is 0 Å². The van der Waals surface area contributed by atoms with Crippen LogP contribution < -0.4 is 0 Å². The number of para-hydroxylation sites is 1. The standard InChI is InChI=1S/C21H29N3O3/c1-4-5-9-18-20(16-8-6-7-10-17(16)27-18)21(26)23(3)15-19(25)24-13-11-22(2)12-14-24/h6-8,10H,4-5,9,11-15H2,1-3H3. The van der Waals surface area contributed by atoms with Crippen LogP contribution in [0.3, 0.4) is 0 Å². The van der Waals surface area contributed by atoms with Crippen molar-refractivity contribution in [3.8, 4) is 0 Å². The van der Waals surface area contributed by atoms with E-state index in [0.717, 1.165) is 49.1 Å². The maximum absolute atomic E-state index is 13.2. The molecule has 1 aliphatic rings. The van der Waals surface area contributed by atoms with Crippen LogP contribution in [0.25, 0.3) is 11.0 Å². The molecule has 0 spiro atoms. The van der Waals surface area contributed by atoms with Crippen molar-refractivity contribution in [1.82, 2.24) is 14.7 Å². The van der Waals surface area contributed by atoms with Gasteiger partial charge in [-0.25, -0.2) is 0 Å². The number of benzene rings is 1. The van der Waals surface area contributed by atoms with Crippen LogP contribution in [0.1, 0.15) is 35.9 Å². The highest BCUT2D eigenvalue weighted by Crippen LogP contribution is 2.28. The van der Waals surface area contributed by atoms with Crippen molar-refractivity contribution in [2.45, 2.75) is 26.2 Å². The number of unbranched alkanes of at least 4 members (excludes halogenated alkanes) is 1. The van der Waals surface area contributed by atoms with Crippen LogP contribution in [0.4, 0.5) is 0 Å².